The number of amides is 1. The summed E-state index contributed by atoms with van der Waals surface area (Å²) in [6, 6.07) is 13.6. The molecule has 0 unspecified atom stereocenters. The van der Waals surface area contributed by atoms with Crippen LogP contribution in [0.15, 0.2) is 59.4 Å². The van der Waals surface area contributed by atoms with Crippen molar-refractivity contribution < 1.29 is 22.7 Å². The Morgan fingerprint density at radius 3 is 2.55 bits per heavy atom. The number of aromatic nitrogens is 3. The van der Waals surface area contributed by atoms with Gasteiger partial charge < -0.3 is 15.0 Å². The largest absolute Gasteiger partial charge is 0.492 e. The lowest BCUT2D eigenvalue weighted by Crippen LogP contribution is -2.29. The zero-order chi connectivity index (χ0) is 22.3. The van der Waals surface area contributed by atoms with Crippen molar-refractivity contribution in [3.63, 3.8) is 0 Å². The highest BCUT2D eigenvalue weighted by molar-refractivity contribution is 5.76. The molecular weight excluding hydrogens is 413 g/mol. The van der Waals surface area contributed by atoms with Crippen molar-refractivity contribution in [2.75, 3.05) is 13.2 Å². The average molecular weight is 432 g/mol. The van der Waals surface area contributed by atoms with Gasteiger partial charge in [-0.05, 0) is 24.3 Å². The summed E-state index contributed by atoms with van der Waals surface area (Å²) < 4.78 is 44.0. The van der Waals surface area contributed by atoms with E-state index >= 15 is 0 Å². The predicted molar refractivity (Wildman–Crippen MR) is 106 cm³/mol. The van der Waals surface area contributed by atoms with Crippen molar-refractivity contribution in [2.24, 2.45) is 0 Å². The second-order valence-electron chi connectivity index (χ2n) is 6.54. The molecule has 10 heteroatoms. The summed E-state index contributed by atoms with van der Waals surface area (Å²) in [4.78, 5) is 26.5. The fourth-order valence-electron chi connectivity index (χ4n) is 2.69. The van der Waals surface area contributed by atoms with Gasteiger partial charge in [0.2, 0.25) is 5.91 Å². The highest BCUT2D eigenvalue weighted by Gasteiger charge is 2.30. The van der Waals surface area contributed by atoms with E-state index in [0.717, 1.165) is 12.1 Å². The van der Waals surface area contributed by atoms with Gasteiger partial charge in [0.05, 0.1) is 12.1 Å². The van der Waals surface area contributed by atoms with Crippen LogP contribution in [0.4, 0.5) is 13.2 Å². The standard InChI is InChI=1S/C21H19F3N4O3/c22-21(23,24)15-6-4-5-14(13-15)19-26-20(30)17(27-28-19)9-10-18(29)25-11-12-31-16-7-2-1-3-8-16/h1-8,13H,9-12H2,(H,25,29)(H,26,28,30). The number of alkyl halides is 3. The van der Waals surface area contributed by atoms with Crippen LogP contribution in [-0.4, -0.2) is 34.2 Å². The van der Waals surface area contributed by atoms with Crippen LogP contribution in [0.2, 0.25) is 0 Å². The number of hydrogen-bond donors (Lipinski definition) is 2. The third-order valence-electron chi connectivity index (χ3n) is 4.25. The predicted octanol–water partition coefficient (Wildman–Crippen LogP) is 2.98. The molecule has 31 heavy (non-hydrogen) atoms. The maximum atomic E-state index is 12.8. The summed E-state index contributed by atoms with van der Waals surface area (Å²) in [5.74, 6) is 0.321. The number of nitrogens with one attached hydrogen (secondary N) is 2. The fraction of sp³-hybridized carbons (Fsp3) is 0.238. The minimum Gasteiger partial charge on any atom is -0.492 e. The molecule has 0 spiro atoms. The molecule has 0 fully saturated rings. The summed E-state index contributed by atoms with van der Waals surface area (Å²) >= 11 is 0. The normalized spacial score (nSPS) is 11.2. The number of carbonyl (C=O) groups is 1. The van der Waals surface area contributed by atoms with Crippen LogP contribution in [0, 0.1) is 0 Å². The molecular formula is C21H19F3N4O3. The number of carbonyl (C=O) groups excluding carboxylic acids is 1. The van der Waals surface area contributed by atoms with Gasteiger partial charge in [0, 0.05) is 18.4 Å². The SMILES string of the molecule is O=C(CCc1nnc(-c2cccc(C(F)(F)F)c2)[nH]c1=O)NCCOc1ccccc1. The molecule has 0 saturated carbocycles. The van der Waals surface area contributed by atoms with Gasteiger partial charge in [-0.2, -0.15) is 13.2 Å². The van der Waals surface area contributed by atoms with Crippen molar-refractivity contribution in [2.45, 2.75) is 19.0 Å². The minimum absolute atomic E-state index is 0.00595. The smallest absolute Gasteiger partial charge is 0.416 e. The van der Waals surface area contributed by atoms with E-state index in [1.807, 2.05) is 18.2 Å². The average Bonchev–Trinajstić information content (AvgIpc) is 2.76. The highest BCUT2D eigenvalue weighted by Crippen LogP contribution is 2.31. The molecule has 0 atom stereocenters. The monoisotopic (exact) mass is 432 g/mol. The number of para-hydroxylation sites is 1. The van der Waals surface area contributed by atoms with Crippen LogP contribution in [0.25, 0.3) is 11.4 Å². The maximum absolute atomic E-state index is 12.8. The third kappa shape index (κ3) is 6.39. The van der Waals surface area contributed by atoms with Gasteiger partial charge in [-0.1, -0.05) is 30.3 Å². The van der Waals surface area contributed by atoms with E-state index < -0.39 is 17.3 Å². The molecule has 3 rings (SSSR count). The summed E-state index contributed by atoms with van der Waals surface area (Å²) in [6.45, 7) is 0.589. The molecule has 0 aliphatic carbocycles. The van der Waals surface area contributed by atoms with Crippen LogP contribution in [-0.2, 0) is 17.4 Å². The number of aryl methyl sites for hydroxylation is 1. The lowest BCUT2D eigenvalue weighted by Gasteiger charge is -2.08. The topological polar surface area (TPSA) is 97.0 Å². The van der Waals surface area contributed by atoms with Gasteiger partial charge in [-0.3, -0.25) is 9.59 Å². The van der Waals surface area contributed by atoms with E-state index in [1.54, 1.807) is 12.1 Å². The summed E-state index contributed by atoms with van der Waals surface area (Å²) in [6.07, 6.45) is -4.47. The molecule has 1 heterocycles. The van der Waals surface area contributed by atoms with Crippen LogP contribution in [0.3, 0.4) is 0 Å². The summed E-state index contributed by atoms with van der Waals surface area (Å²) in [5.41, 5.74) is -1.36. The van der Waals surface area contributed by atoms with Gasteiger partial charge >= 0.3 is 6.18 Å². The second kappa shape index (κ2) is 9.88. The number of nitrogens with zero attached hydrogens (tertiary/aromatic N) is 2. The van der Waals surface area contributed by atoms with Gasteiger partial charge in [-0.15, -0.1) is 10.2 Å². The molecule has 162 valence electrons. The van der Waals surface area contributed by atoms with E-state index in [1.165, 1.54) is 12.1 Å². The number of hydrogen-bond acceptors (Lipinski definition) is 5. The molecule has 7 nitrogen and oxygen atoms in total. The fourth-order valence-corrected chi connectivity index (χ4v) is 2.69. The number of benzene rings is 2. The van der Waals surface area contributed by atoms with Crippen LogP contribution in [0.1, 0.15) is 17.7 Å². The molecule has 0 bridgehead atoms. The van der Waals surface area contributed by atoms with E-state index in [2.05, 4.69) is 20.5 Å². The molecule has 2 aromatic carbocycles. The van der Waals surface area contributed by atoms with Crippen molar-refractivity contribution in [3.05, 3.63) is 76.2 Å². The number of ether oxygens (including phenoxy) is 1. The van der Waals surface area contributed by atoms with Crippen molar-refractivity contribution in [1.82, 2.24) is 20.5 Å². The van der Waals surface area contributed by atoms with Crippen molar-refractivity contribution >= 4 is 5.91 Å². The summed E-state index contributed by atoms with van der Waals surface area (Å²) in [5, 5.41) is 10.2. The van der Waals surface area contributed by atoms with Gasteiger partial charge in [0.1, 0.15) is 18.1 Å². The van der Waals surface area contributed by atoms with E-state index in [4.69, 9.17) is 4.74 Å². The van der Waals surface area contributed by atoms with Crippen LogP contribution < -0.4 is 15.6 Å². The van der Waals surface area contributed by atoms with Gasteiger partial charge in [0.15, 0.2) is 5.82 Å². The Balaban J connectivity index is 1.51. The summed E-state index contributed by atoms with van der Waals surface area (Å²) in [7, 11) is 0. The zero-order valence-corrected chi connectivity index (χ0v) is 16.3. The number of halogens is 3. The van der Waals surface area contributed by atoms with Crippen LogP contribution >= 0.6 is 0 Å². The highest BCUT2D eigenvalue weighted by atomic mass is 19.4. The Kier molecular flexibility index (Phi) is 7.01. The zero-order valence-electron chi connectivity index (χ0n) is 16.3. The van der Waals surface area contributed by atoms with E-state index in [9.17, 15) is 22.8 Å². The Hall–Kier alpha value is -3.69. The Labute approximate surface area is 175 Å². The number of aromatic amines is 1. The van der Waals surface area contributed by atoms with Crippen molar-refractivity contribution in [3.8, 4) is 17.1 Å². The third-order valence-corrected chi connectivity index (χ3v) is 4.25. The Morgan fingerprint density at radius 2 is 1.84 bits per heavy atom. The first-order valence-corrected chi connectivity index (χ1v) is 9.41. The second-order valence-corrected chi connectivity index (χ2v) is 6.54. The molecule has 1 aromatic heterocycles. The minimum atomic E-state index is -4.51. The molecule has 0 aliphatic rings. The first-order valence-electron chi connectivity index (χ1n) is 9.41. The molecule has 0 radical (unpaired) electrons. The van der Waals surface area contributed by atoms with Gasteiger partial charge in [0.25, 0.3) is 5.56 Å². The first-order chi connectivity index (χ1) is 14.8. The lowest BCUT2D eigenvalue weighted by atomic mass is 10.1. The Morgan fingerprint density at radius 1 is 1.06 bits per heavy atom. The van der Waals surface area contributed by atoms with Crippen molar-refractivity contribution in [1.29, 1.82) is 0 Å². The molecule has 0 aliphatic heterocycles. The molecule has 2 N–H and O–H groups in total. The Bertz CT molecular complexity index is 1080. The quantitative estimate of drug-likeness (QED) is 0.534. The van der Waals surface area contributed by atoms with Crippen LogP contribution in [0.5, 0.6) is 5.75 Å². The maximum Gasteiger partial charge on any atom is 0.416 e. The van der Waals surface area contributed by atoms with Gasteiger partial charge in [-0.25, -0.2) is 0 Å². The molecule has 1 amide bonds. The number of H-pyrrole nitrogens is 1. The number of rotatable bonds is 8. The molecule has 0 saturated heterocycles. The van der Waals surface area contributed by atoms with E-state index in [0.29, 0.717) is 18.9 Å². The first kappa shape index (κ1) is 22.0. The molecule has 3 aromatic rings. The van der Waals surface area contributed by atoms with E-state index in [-0.39, 0.29) is 35.8 Å². The lowest BCUT2D eigenvalue weighted by molar-refractivity contribution is -0.137.